The first-order valence-corrected chi connectivity index (χ1v) is 5.58. The summed E-state index contributed by atoms with van der Waals surface area (Å²) in [7, 11) is 2.77. The summed E-state index contributed by atoms with van der Waals surface area (Å²) >= 11 is 0. The van der Waals surface area contributed by atoms with Crippen molar-refractivity contribution in [3.63, 3.8) is 0 Å². The lowest BCUT2D eigenvalue weighted by molar-refractivity contribution is -0.131. The Morgan fingerprint density at radius 1 is 1.62 bits per heavy atom. The van der Waals surface area contributed by atoms with Crippen molar-refractivity contribution in [3.8, 4) is 16.4 Å². The van der Waals surface area contributed by atoms with Gasteiger partial charge in [0.05, 0.1) is 0 Å². The zero-order chi connectivity index (χ0) is 9.42. The van der Waals surface area contributed by atoms with Gasteiger partial charge in [0, 0.05) is 12.3 Å². The van der Waals surface area contributed by atoms with E-state index in [1.54, 1.807) is 5.38 Å². The Morgan fingerprint density at radius 2 is 2.38 bits per heavy atom. The molecule has 0 radical (unpaired) electrons. The first-order valence-electron chi connectivity index (χ1n) is 3.37. The Balaban J connectivity index is 2.55. The lowest BCUT2D eigenvalue weighted by Crippen LogP contribution is -2.07. The Bertz CT molecular complexity index is 463. The Labute approximate surface area is 80.1 Å². The number of rotatable bonds is 1. The molecular formula is C7H4O4S2. The monoisotopic (exact) mass is 216 g/mol. The Morgan fingerprint density at radius 3 is 3.08 bits per heavy atom. The molecule has 0 aromatic rings. The molecule has 13 heavy (non-hydrogen) atoms. The van der Waals surface area contributed by atoms with Crippen molar-refractivity contribution in [3.05, 3.63) is 15.8 Å². The van der Waals surface area contributed by atoms with E-state index in [-0.39, 0.29) is 5.75 Å². The molecule has 0 N–H and O–H groups in total. The van der Waals surface area contributed by atoms with Crippen molar-refractivity contribution >= 4 is 26.7 Å². The second-order valence-electron chi connectivity index (χ2n) is 2.30. The van der Waals surface area contributed by atoms with Crippen LogP contribution in [0, 0.1) is 0 Å². The number of esters is 1. The van der Waals surface area contributed by atoms with E-state index >= 15 is 0 Å². The third kappa shape index (κ3) is 1.38. The van der Waals surface area contributed by atoms with Crippen LogP contribution in [0.5, 0.6) is 5.75 Å². The van der Waals surface area contributed by atoms with Gasteiger partial charge in [-0.25, -0.2) is 4.79 Å². The zero-order valence-corrected chi connectivity index (χ0v) is 8.16. The van der Waals surface area contributed by atoms with Crippen molar-refractivity contribution in [2.24, 2.45) is 0 Å². The molecule has 0 unspecified atom stereocenters. The molecule has 0 saturated heterocycles. The van der Waals surface area contributed by atoms with Gasteiger partial charge in [-0.15, -0.1) is 0 Å². The highest BCUT2D eigenvalue weighted by Gasteiger charge is 2.22. The van der Waals surface area contributed by atoms with E-state index in [9.17, 15) is 9.59 Å². The van der Waals surface area contributed by atoms with Crippen LogP contribution in [0.3, 0.4) is 0 Å². The number of fused-ring (bicyclic) bond motifs is 1. The van der Waals surface area contributed by atoms with Crippen molar-refractivity contribution in [2.45, 2.75) is 6.92 Å². The minimum absolute atomic E-state index is 0.00810. The molecule has 0 atom stereocenters. The van der Waals surface area contributed by atoms with Gasteiger partial charge in [-0.2, -0.15) is 0 Å². The van der Waals surface area contributed by atoms with E-state index < -0.39 is 11.6 Å². The summed E-state index contributed by atoms with van der Waals surface area (Å²) in [5.74, 6) is -0.0248. The molecule has 2 heterocycles. The molecule has 0 spiro atoms. The first-order chi connectivity index (χ1) is 6.18. The molecule has 0 fully saturated rings. The molecule has 2 aliphatic heterocycles. The van der Waals surface area contributed by atoms with Gasteiger partial charge < -0.3 is 9.15 Å². The molecule has 0 amide bonds. The molecule has 2 rings (SSSR count). The first kappa shape index (κ1) is 8.46. The van der Waals surface area contributed by atoms with E-state index in [0.29, 0.717) is 10.6 Å². The minimum atomic E-state index is -0.593. The van der Waals surface area contributed by atoms with Crippen LogP contribution in [0.15, 0.2) is 14.6 Å². The lowest BCUT2D eigenvalue weighted by Gasteiger charge is -1.93. The van der Waals surface area contributed by atoms with Gasteiger partial charge in [-0.05, 0) is 0 Å². The Hall–Kier alpha value is -1.14. The number of hydrogen-bond acceptors (Lipinski definition) is 6. The number of ether oxygens (including phenoxy) is 1. The second kappa shape index (κ2) is 2.97. The molecule has 6 heteroatoms. The van der Waals surface area contributed by atoms with Crippen molar-refractivity contribution in [1.82, 2.24) is 0 Å². The van der Waals surface area contributed by atoms with Crippen LogP contribution in [-0.4, -0.2) is 5.97 Å². The second-order valence-corrected chi connectivity index (χ2v) is 4.38. The molecule has 0 aliphatic carbocycles. The minimum Gasteiger partial charge on any atom is -0.418 e. The maximum Gasteiger partial charge on any atom is 0.381 e. The summed E-state index contributed by atoms with van der Waals surface area (Å²) < 4.78 is 9.56. The summed E-state index contributed by atoms with van der Waals surface area (Å²) in [4.78, 5) is 22.3. The highest BCUT2D eigenvalue weighted by molar-refractivity contribution is 7.70. The van der Waals surface area contributed by atoms with Gasteiger partial charge in [0.1, 0.15) is 4.88 Å². The predicted molar refractivity (Wildman–Crippen MR) is 48.7 cm³/mol. The van der Waals surface area contributed by atoms with Gasteiger partial charge in [0.25, 0.3) is 0 Å². The standard InChI is InChI=1S/C7H4O4S2/c1-3(8)10-5-6-4(2-12-13-6)11-7(5)9/h2H,1H3. The van der Waals surface area contributed by atoms with E-state index in [1.807, 2.05) is 0 Å². The van der Waals surface area contributed by atoms with E-state index in [4.69, 9.17) is 9.15 Å². The topological polar surface area (TPSA) is 56.5 Å². The summed E-state index contributed by atoms with van der Waals surface area (Å²) in [6.45, 7) is 1.25. The van der Waals surface area contributed by atoms with Crippen LogP contribution in [0.25, 0.3) is 10.6 Å². The molecule has 0 saturated carbocycles. The highest BCUT2D eigenvalue weighted by atomic mass is 32.9. The average Bonchev–Trinajstić information content (AvgIpc) is 2.55. The lowest BCUT2D eigenvalue weighted by atomic mass is 10.4. The zero-order valence-electron chi connectivity index (χ0n) is 6.53. The maximum absolute atomic E-state index is 11.1. The maximum atomic E-state index is 11.1. The smallest absolute Gasteiger partial charge is 0.381 e. The Kier molecular flexibility index (Phi) is 1.93. The molecule has 2 aliphatic rings. The van der Waals surface area contributed by atoms with Gasteiger partial charge >= 0.3 is 11.6 Å². The normalized spacial score (nSPS) is 10.5. The molecule has 68 valence electrons. The van der Waals surface area contributed by atoms with Crippen LogP contribution in [0.2, 0.25) is 0 Å². The molecular weight excluding hydrogens is 212 g/mol. The van der Waals surface area contributed by atoms with Crippen molar-refractivity contribution in [2.75, 3.05) is 0 Å². The number of hydrogen-bond donors (Lipinski definition) is 0. The van der Waals surface area contributed by atoms with Crippen molar-refractivity contribution < 1.29 is 13.9 Å². The van der Waals surface area contributed by atoms with Crippen molar-refractivity contribution in [1.29, 1.82) is 0 Å². The fraction of sp³-hybridized carbons (Fsp3) is 0.143. The fourth-order valence-corrected chi connectivity index (χ4v) is 2.93. The molecule has 0 bridgehead atoms. The quantitative estimate of drug-likeness (QED) is 0.538. The number of furan rings is 1. The average molecular weight is 216 g/mol. The van der Waals surface area contributed by atoms with Gasteiger partial charge in [-0.1, -0.05) is 20.7 Å². The SMILES string of the molecule is CC(=O)Oc1c2sscc-2oc1=O. The van der Waals surface area contributed by atoms with Gasteiger partial charge in [-0.3, -0.25) is 4.79 Å². The molecule has 0 aromatic heterocycles. The van der Waals surface area contributed by atoms with Crippen LogP contribution in [0.4, 0.5) is 0 Å². The van der Waals surface area contributed by atoms with Crippen LogP contribution in [0.1, 0.15) is 6.92 Å². The summed E-state index contributed by atoms with van der Waals surface area (Å²) in [5.41, 5.74) is -0.593. The third-order valence-corrected chi connectivity index (χ3v) is 3.39. The van der Waals surface area contributed by atoms with E-state index in [2.05, 4.69) is 0 Å². The van der Waals surface area contributed by atoms with E-state index in [0.717, 1.165) is 0 Å². The van der Waals surface area contributed by atoms with Gasteiger partial charge in [0.2, 0.25) is 5.75 Å². The highest BCUT2D eigenvalue weighted by Crippen LogP contribution is 2.38. The number of carbonyl (C=O) groups excluding carboxylic acids is 1. The van der Waals surface area contributed by atoms with Crippen LogP contribution in [-0.2, 0) is 4.79 Å². The number of carbonyl (C=O) groups is 1. The van der Waals surface area contributed by atoms with E-state index in [1.165, 1.54) is 27.6 Å². The largest absolute Gasteiger partial charge is 0.418 e. The predicted octanol–water partition coefficient (Wildman–Crippen LogP) is 1.79. The fourth-order valence-electron chi connectivity index (χ4n) is 0.901. The third-order valence-electron chi connectivity index (χ3n) is 1.35. The van der Waals surface area contributed by atoms with Crippen LogP contribution >= 0.6 is 20.7 Å². The summed E-state index contributed by atoms with van der Waals surface area (Å²) in [5, 5.41) is 1.70. The summed E-state index contributed by atoms with van der Waals surface area (Å²) in [6, 6.07) is 0. The molecule has 0 aromatic carbocycles. The molecule has 4 nitrogen and oxygen atoms in total. The van der Waals surface area contributed by atoms with Gasteiger partial charge in [0.15, 0.2) is 5.76 Å². The van der Waals surface area contributed by atoms with Crippen LogP contribution < -0.4 is 10.4 Å². The summed E-state index contributed by atoms with van der Waals surface area (Å²) in [6.07, 6.45) is 0.